The number of ether oxygens (including phenoxy) is 1. The van der Waals surface area contributed by atoms with Crippen molar-refractivity contribution in [1.82, 2.24) is 4.72 Å². The maximum absolute atomic E-state index is 11.6. The minimum absolute atomic E-state index is 0.109. The van der Waals surface area contributed by atoms with E-state index < -0.39 is 22.0 Å². The Hall–Kier alpha value is -0.660. The van der Waals surface area contributed by atoms with E-state index in [4.69, 9.17) is 9.84 Å². The molecule has 0 heterocycles. The second kappa shape index (κ2) is 7.62. The first-order chi connectivity index (χ1) is 7.78. The van der Waals surface area contributed by atoms with Gasteiger partial charge in [0.2, 0.25) is 10.0 Å². The van der Waals surface area contributed by atoms with Crippen LogP contribution in [0.1, 0.15) is 26.7 Å². The first-order valence-electron chi connectivity index (χ1n) is 5.50. The molecule has 0 aromatic carbocycles. The van der Waals surface area contributed by atoms with Gasteiger partial charge in [-0.15, -0.1) is 0 Å². The van der Waals surface area contributed by atoms with E-state index in [9.17, 15) is 13.2 Å². The Labute approximate surface area is 102 Å². The van der Waals surface area contributed by atoms with Gasteiger partial charge in [0.1, 0.15) is 6.04 Å². The van der Waals surface area contributed by atoms with E-state index in [0.29, 0.717) is 13.0 Å². The zero-order valence-corrected chi connectivity index (χ0v) is 11.3. The highest BCUT2D eigenvalue weighted by Gasteiger charge is 2.24. The summed E-state index contributed by atoms with van der Waals surface area (Å²) in [5, 5.41) is 8.91. The van der Waals surface area contributed by atoms with Crippen LogP contribution in [0.15, 0.2) is 0 Å². The maximum atomic E-state index is 11.6. The molecule has 0 bridgehead atoms. The molecule has 0 radical (unpaired) electrons. The molecule has 2 N–H and O–H groups in total. The molecule has 0 aromatic rings. The van der Waals surface area contributed by atoms with Crippen molar-refractivity contribution in [3.63, 3.8) is 0 Å². The number of carboxylic acids is 1. The summed E-state index contributed by atoms with van der Waals surface area (Å²) in [5.41, 5.74) is 0. The van der Waals surface area contributed by atoms with Crippen molar-refractivity contribution >= 4 is 16.0 Å². The fourth-order valence-corrected chi connectivity index (χ4v) is 2.59. The average Bonchev–Trinajstić information content (AvgIpc) is 2.15. The standard InChI is InChI=1S/C10H21NO5S/c1-8(2)7-9(10(12)13)11-17(14,15)6-4-5-16-3/h8-9,11H,4-7H2,1-3H3,(H,12,13)/t9-/m0/s1. The number of nitrogens with one attached hydrogen (secondary N) is 1. The van der Waals surface area contributed by atoms with E-state index in [1.807, 2.05) is 13.8 Å². The molecule has 1 atom stereocenters. The fraction of sp³-hybridized carbons (Fsp3) is 0.900. The van der Waals surface area contributed by atoms with Gasteiger partial charge >= 0.3 is 5.97 Å². The van der Waals surface area contributed by atoms with Crippen molar-refractivity contribution in [1.29, 1.82) is 0 Å². The summed E-state index contributed by atoms with van der Waals surface area (Å²) in [6, 6.07) is -1.05. The van der Waals surface area contributed by atoms with Gasteiger partial charge in [-0.25, -0.2) is 13.1 Å². The van der Waals surface area contributed by atoms with Gasteiger partial charge in [0, 0.05) is 13.7 Å². The van der Waals surface area contributed by atoms with Crippen LogP contribution in [0.3, 0.4) is 0 Å². The van der Waals surface area contributed by atoms with Gasteiger partial charge in [-0.1, -0.05) is 13.8 Å². The minimum atomic E-state index is -3.55. The molecular weight excluding hydrogens is 246 g/mol. The highest BCUT2D eigenvalue weighted by Crippen LogP contribution is 2.06. The Balaban J connectivity index is 4.37. The lowest BCUT2D eigenvalue weighted by atomic mass is 10.1. The number of hydrogen-bond donors (Lipinski definition) is 2. The van der Waals surface area contributed by atoms with Gasteiger partial charge in [0.25, 0.3) is 0 Å². The molecule has 0 aliphatic carbocycles. The van der Waals surface area contributed by atoms with Crippen LogP contribution in [0, 0.1) is 5.92 Å². The molecule has 0 aliphatic heterocycles. The monoisotopic (exact) mass is 267 g/mol. The van der Waals surface area contributed by atoms with Crippen LogP contribution < -0.4 is 4.72 Å². The van der Waals surface area contributed by atoms with Crippen molar-refractivity contribution < 1.29 is 23.1 Å². The van der Waals surface area contributed by atoms with Crippen molar-refractivity contribution in [2.45, 2.75) is 32.7 Å². The van der Waals surface area contributed by atoms with Gasteiger partial charge in [0.05, 0.1) is 5.75 Å². The Morgan fingerprint density at radius 1 is 1.41 bits per heavy atom. The van der Waals surface area contributed by atoms with Gasteiger partial charge in [0.15, 0.2) is 0 Å². The van der Waals surface area contributed by atoms with Crippen LogP contribution >= 0.6 is 0 Å². The van der Waals surface area contributed by atoms with Crippen LogP contribution in [0.5, 0.6) is 0 Å². The quantitative estimate of drug-likeness (QED) is 0.591. The summed E-state index contributed by atoms with van der Waals surface area (Å²) in [6.45, 7) is 4.02. The molecule has 6 nitrogen and oxygen atoms in total. The maximum Gasteiger partial charge on any atom is 0.321 e. The first kappa shape index (κ1) is 16.3. The van der Waals surface area contributed by atoms with Gasteiger partial charge < -0.3 is 9.84 Å². The zero-order chi connectivity index (χ0) is 13.5. The highest BCUT2D eigenvalue weighted by molar-refractivity contribution is 7.89. The SMILES string of the molecule is COCCCS(=O)(=O)N[C@@H](CC(C)C)C(=O)O. The number of carboxylic acid groups (broad SMARTS) is 1. The molecule has 0 spiro atoms. The Morgan fingerprint density at radius 3 is 2.41 bits per heavy atom. The van der Waals surface area contributed by atoms with E-state index in [-0.39, 0.29) is 18.1 Å². The van der Waals surface area contributed by atoms with E-state index in [2.05, 4.69) is 4.72 Å². The van der Waals surface area contributed by atoms with Crippen molar-refractivity contribution in [3.8, 4) is 0 Å². The molecule has 0 amide bonds. The van der Waals surface area contributed by atoms with E-state index in [1.165, 1.54) is 7.11 Å². The van der Waals surface area contributed by atoms with E-state index >= 15 is 0 Å². The average molecular weight is 267 g/mol. The number of hydrogen-bond acceptors (Lipinski definition) is 4. The lowest BCUT2D eigenvalue weighted by Crippen LogP contribution is -2.42. The minimum Gasteiger partial charge on any atom is -0.480 e. The summed E-state index contributed by atoms with van der Waals surface area (Å²) >= 11 is 0. The van der Waals surface area contributed by atoms with Crippen LogP contribution in [0.2, 0.25) is 0 Å². The normalized spacial score (nSPS) is 13.9. The van der Waals surface area contributed by atoms with Gasteiger partial charge in [-0.2, -0.15) is 0 Å². The third-order valence-corrected chi connectivity index (χ3v) is 3.56. The third-order valence-electron chi connectivity index (χ3n) is 2.09. The van der Waals surface area contributed by atoms with Crippen molar-refractivity contribution in [2.75, 3.05) is 19.5 Å². The Kier molecular flexibility index (Phi) is 7.33. The lowest BCUT2D eigenvalue weighted by molar-refractivity contribution is -0.139. The molecule has 102 valence electrons. The van der Waals surface area contributed by atoms with Crippen molar-refractivity contribution in [3.05, 3.63) is 0 Å². The molecule has 0 aromatic heterocycles. The topological polar surface area (TPSA) is 92.7 Å². The zero-order valence-electron chi connectivity index (χ0n) is 10.5. The fourth-order valence-electron chi connectivity index (χ4n) is 1.34. The van der Waals surface area contributed by atoms with Gasteiger partial charge in [-0.05, 0) is 18.8 Å². The van der Waals surface area contributed by atoms with Crippen LogP contribution in [0.4, 0.5) is 0 Å². The molecule has 7 heteroatoms. The summed E-state index contributed by atoms with van der Waals surface area (Å²) in [4.78, 5) is 10.9. The number of sulfonamides is 1. The van der Waals surface area contributed by atoms with Gasteiger partial charge in [-0.3, -0.25) is 4.79 Å². The van der Waals surface area contributed by atoms with E-state index in [0.717, 1.165) is 0 Å². The molecule has 0 saturated carbocycles. The molecule has 0 unspecified atom stereocenters. The number of aliphatic carboxylic acids is 1. The molecule has 0 rings (SSSR count). The van der Waals surface area contributed by atoms with E-state index in [1.54, 1.807) is 0 Å². The molecule has 0 saturated heterocycles. The summed E-state index contributed by atoms with van der Waals surface area (Å²) < 4.78 is 30.1. The van der Waals surface area contributed by atoms with Crippen LogP contribution in [0.25, 0.3) is 0 Å². The smallest absolute Gasteiger partial charge is 0.321 e. The van der Waals surface area contributed by atoms with Crippen molar-refractivity contribution in [2.24, 2.45) is 5.92 Å². The molecular formula is C10H21NO5S. The number of methoxy groups -OCH3 is 1. The Bertz CT molecular complexity index is 326. The second-order valence-electron chi connectivity index (χ2n) is 4.30. The van der Waals surface area contributed by atoms with Crippen LogP contribution in [-0.4, -0.2) is 45.0 Å². The highest BCUT2D eigenvalue weighted by atomic mass is 32.2. The van der Waals surface area contributed by atoms with Crippen LogP contribution in [-0.2, 0) is 19.6 Å². The first-order valence-corrected chi connectivity index (χ1v) is 7.15. The molecule has 0 fully saturated rings. The summed E-state index contributed by atoms with van der Waals surface area (Å²) in [7, 11) is -2.07. The number of rotatable bonds is 9. The summed E-state index contributed by atoms with van der Waals surface area (Å²) in [5.74, 6) is -1.16. The predicted molar refractivity (Wildman–Crippen MR) is 64.3 cm³/mol. The number of carbonyl (C=O) groups is 1. The lowest BCUT2D eigenvalue weighted by Gasteiger charge is -2.16. The summed E-state index contributed by atoms with van der Waals surface area (Å²) in [6.07, 6.45) is 0.624. The predicted octanol–water partition coefficient (Wildman–Crippen LogP) is 0.442. The molecule has 0 aliphatic rings. The second-order valence-corrected chi connectivity index (χ2v) is 6.18. The Morgan fingerprint density at radius 2 is 2.00 bits per heavy atom. The largest absolute Gasteiger partial charge is 0.480 e. The third kappa shape index (κ3) is 8.12. The molecule has 17 heavy (non-hydrogen) atoms.